The number of hydrogen-bond acceptors (Lipinski definition) is 4. The summed E-state index contributed by atoms with van der Waals surface area (Å²) in [6, 6.07) is -2.12. The second-order valence-corrected chi connectivity index (χ2v) is 4.60. The smallest absolute Gasteiger partial charge is 0.318 e. The molecule has 0 aromatic carbocycles. The quantitative estimate of drug-likeness (QED) is 0.505. The summed E-state index contributed by atoms with van der Waals surface area (Å²) in [6.07, 6.45) is 0. The van der Waals surface area contributed by atoms with E-state index in [2.05, 4.69) is 10.6 Å². The van der Waals surface area contributed by atoms with Crippen molar-refractivity contribution in [2.75, 3.05) is 6.54 Å². The summed E-state index contributed by atoms with van der Waals surface area (Å²) in [5.74, 6) is -0.398. The Bertz CT molecular complexity index is 317. The van der Waals surface area contributed by atoms with Gasteiger partial charge < -0.3 is 11.1 Å². The first-order valence-corrected chi connectivity index (χ1v) is 5.88. The number of urea groups is 1. The van der Waals surface area contributed by atoms with Crippen LogP contribution in [-0.4, -0.2) is 36.5 Å². The molecule has 18 heavy (non-hydrogen) atoms. The Labute approximate surface area is 107 Å². The van der Waals surface area contributed by atoms with Gasteiger partial charge in [0.2, 0.25) is 11.8 Å². The Balaban J connectivity index is 4.13. The molecule has 2 unspecified atom stereocenters. The van der Waals surface area contributed by atoms with Crippen molar-refractivity contribution in [2.45, 2.75) is 39.8 Å². The van der Waals surface area contributed by atoms with Crippen LogP contribution in [0.25, 0.3) is 0 Å². The summed E-state index contributed by atoms with van der Waals surface area (Å²) in [7, 11) is 0. The van der Waals surface area contributed by atoms with Gasteiger partial charge in [-0.3, -0.25) is 20.2 Å². The number of nitrogens with one attached hydrogen (secondary N) is 3. The van der Waals surface area contributed by atoms with Gasteiger partial charge >= 0.3 is 6.03 Å². The Kier molecular flexibility index (Phi) is 6.96. The van der Waals surface area contributed by atoms with E-state index in [1.165, 1.54) is 0 Å². The molecular formula is C11H22N4O3. The molecule has 0 radical (unpaired) electrons. The molecule has 0 aromatic rings. The van der Waals surface area contributed by atoms with Gasteiger partial charge in [-0.25, -0.2) is 4.79 Å². The third-order valence-electron chi connectivity index (χ3n) is 2.22. The van der Waals surface area contributed by atoms with Gasteiger partial charge in [-0.05, 0) is 19.8 Å². The number of carbonyl (C=O) groups excluding carboxylic acids is 3. The lowest BCUT2D eigenvalue weighted by Crippen LogP contribution is -2.52. The molecule has 4 amide bonds. The normalized spacial score (nSPS) is 13.8. The standard InChI is InChI=1S/C11H22N4O3/c1-6(2)5-13-9(16)7(3)14-8(4)10(17)15-11(12)18/h6-8,14H,5H2,1-4H3,(H,13,16)(H3,12,15,17,18). The van der Waals surface area contributed by atoms with Gasteiger partial charge in [0.05, 0.1) is 12.1 Å². The van der Waals surface area contributed by atoms with E-state index in [1.807, 2.05) is 19.2 Å². The Morgan fingerprint density at radius 3 is 1.94 bits per heavy atom. The molecule has 0 rings (SSSR count). The highest BCUT2D eigenvalue weighted by atomic mass is 16.2. The van der Waals surface area contributed by atoms with Crippen LogP contribution in [0.2, 0.25) is 0 Å². The number of carbonyl (C=O) groups is 3. The third kappa shape index (κ3) is 6.85. The predicted octanol–water partition coefficient (Wildman–Crippen LogP) is -0.680. The van der Waals surface area contributed by atoms with Crippen LogP contribution >= 0.6 is 0 Å². The summed E-state index contributed by atoms with van der Waals surface area (Å²) < 4.78 is 0. The first-order chi connectivity index (χ1) is 8.23. The number of imide groups is 1. The Morgan fingerprint density at radius 1 is 1.00 bits per heavy atom. The predicted molar refractivity (Wildman–Crippen MR) is 67.6 cm³/mol. The van der Waals surface area contributed by atoms with Crippen molar-refractivity contribution in [2.24, 2.45) is 11.7 Å². The first-order valence-electron chi connectivity index (χ1n) is 5.88. The molecular weight excluding hydrogens is 236 g/mol. The number of primary amides is 1. The molecule has 0 saturated carbocycles. The van der Waals surface area contributed by atoms with Gasteiger partial charge in [-0.15, -0.1) is 0 Å². The van der Waals surface area contributed by atoms with Crippen molar-refractivity contribution in [3.63, 3.8) is 0 Å². The number of amides is 4. The molecule has 7 nitrogen and oxygen atoms in total. The lowest BCUT2D eigenvalue weighted by molar-refractivity contribution is -0.124. The van der Waals surface area contributed by atoms with E-state index in [9.17, 15) is 14.4 Å². The van der Waals surface area contributed by atoms with E-state index < -0.39 is 24.0 Å². The maximum absolute atomic E-state index is 11.6. The Hall–Kier alpha value is -1.63. The van der Waals surface area contributed by atoms with Crippen molar-refractivity contribution < 1.29 is 14.4 Å². The minimum atomic E-state index is -0.912. The second-order valence-electron chi connectivity index (χ2n) is 4.60. The van der Waals surface area contributed by atoms with Gasteiger partial charge in [0, 0.05) is 6.54 Å². The zero-order chi connectivity index (χ0) is 14.3. The average Bonchev–Trinajstić information content (AvgIpc) is 2.24. The average molecular weight is 258 g/mol. The van der Waals surface area contributed by atoms with Crippen molar-refractivity contribution in [3.05, 3.63) is 0 Å². The maximum Gasteiger partial charge on any atom is 0.318 e. The lowest BCUT2D eigenvalue weighted by Gasteiger charge is -2.19. The summed E-state index contributed by atoms with van der Waals surface area (Å²) >= 11 is 0. The first kappa shape index (κ1) is 16.4. The molecule has 0 aliphatic heterocycles. The molecule has 2 atom stereocenters. The van der Waals surface area contributed by atoms with Crippen LogP contribution in [0.3, 0.4) is 0 Å². The highest BCUT2D eigenvalue weighted by Crippen LogP contribution is 1.91. The van der Waals surface area contributed by atoms with E-state index >= 15 is 0 Å². The van der Waals surface area contributed by atoms with E-state index in [0.29, 0.717) is 12.5 Å². The minimum Gasteiger partial charge on any atom is -0.354 e. The van der Waals surface area contributed by atoms with Crippen LogP contribution in [0.5, 0.6) is 0 Å². The van der Waals surface area contributed by atoms with Crippen LogP contribution < -0.4 is 21.7 Å². The van der Waals surface area contributed by atoms with Crippen molar-refractivity contribution in [3.8, 4) is 0 Å². The topological polar surface area (TPSA) is 113 Å². The monoisotopic (exact) mass is 258 g/mol. The SMILES string of the molecule is CC(C)CNC(=O)C(C)NC(C)C(=O)NC(N)=O. The zero-order valence-electron chi connectivity index (χ0n) is 11.2. The molecule has 0 heterocycles. The number of nitrogens with two attached hydrogens (primary N) is 1. The van der Waals surface area contributed by atoms with Crippen LogP contribution in [0.15, 0.2) is 0 Å². The second kappa shape index (κ2) is 7.65. The molecule has 0 aromatic heterocycles. The van der Waals surface area contributed by atoms with Crippen LogP contribution in [-0.2, 0) is 9.59 Å². The lowest BCUT2D eigenvalue weighted by atomic mass is 10.2. The Morgan fingerprint density at radius 2 is 1.50 bits per heavy atom. The molecule has 0 fully saturated rings. The molecule has 104 valence electrons. The van der Waals surface area contributed by atoms with Crippen molar-refractivity contribution in [1.82, 2.24) is 16.0 Å². The van der Waals surface area contributed by atoms with Gasteiger partial charge in [0.25, 0.3) is 0 Å². The minimum absolute atomic E-state index is 0.192. The van der Waals surface area contributed by atoms with E-state index in [4.69, 9.17) is 5.73 Å². The van der Waals surface area contributed by atoms with Gasteiger partial charge in [-0.1, -0.05) is 13.8 Å². The van der Waals surface area contributed by atoms with Crippen LogP contribution in [0, 0.1) is 5.92 Å². The third-order valence-corrected chi connectivity index (χ3v) is 2.22. The van der Waals surface area contributed by atoms with E-state index in [-0.39, 0.29) is 5.91 Å². The fourth-order valence-corrected chi connectivity index (χ4v) is 1.21. The fraction of sp³-hybridized carbons (Fsp3) is 0.727. The number of hydrogen-bond donors (Lipinski definition) is 4. The van der Waals surface area contributed by atoms with Gasteiger partial charge in [0.1, 0.15) is 0 Å². The van der Waals surface area contributed by atoms with Gasteiger partial charge in [0.15, 0.2) is 0 Å². The zero-order valence-corrected chi connectivity index (χ0v) is 11.2. The number of rotatable bonds is 6. The largest absolute Gasteiger partial charge is 0.354 e. The molecule has 7 heteroatoms. The summed E-state index contributed by atoms with van der Waals surface area (Å²) in [4.78, 5) is 33.5. The molecule has 0 spiro atoms. The van der Waals surface area contributed by atoms with Crippen LogP contribution in [0.4, 0.5) is 4.79 Å². The molecule has 0 aliphatic carbocycles. The highest BCUT2D eigenvalue weighted by Gasteiger charge is 2.20. The van der Waals surface area contributed by atoms with E-state index in [0.717, 1.165) is 0 Å². The molecule has 5 N–H and O–H groups in total. The van der Waals surface area contributed by atoms with Crippen molar-refractivity contribution >= 4 is 17.8 Å². The van der Waals surface area contributed by atoms with Crippen LogP contribution in [0.1, 0.15) is 27.7 Å². The highest BCUT2D eigenvalue weighted by molar-refractivity contribution is 5.96. The van der Waals surface area contributed by atoms with E-state index in [1.54, 1.807) is 13.8 Å². The maximum atomic E-state index is 11.6. The molecule has 0 saturated heterocycles. The molecule has 0 aliphatic rings. The summed E-state index contributed by atoms with van der Waals surface area (Å²) in [5.41, 5.74) is 4.82. The fourth-order valence-electron chi connectivity index (χ4n) is 1.21. The molecule has 0 bridgehead atoms. The van der Waals surface area contributed by atoms with Gasteiger partial charge in [-0.2, -0.15) is 0 Å². The summed E-state index contributed by atoms with van der Waals surface area (Å²) in [6.45, 7) is 7.74. The van der Waals surface area contributed by atoms with Crippen molar-refractivity contribution in [1.29, 1.82) is 0 Å². The summed E-state index contributed by atoms with van der Waals surface area (Å²) in [5, 5.41) is 7.46.